The number of nitrogens with zero attached hydrogens (tertiary/aromatic N) is 2. The molecule has 0 saturated carbocycles. The van der Waals surface area contributed by atoms with Crippen LogP contribution in [0.4, 0.5) is 0 Å². The average molecular weight is 765 g/mol. The van der Waals surface area contributed by atoms with E-state index in [1.165, 1.54) is 61.0 Å². The zero-order chi connectivity index (χ0) is 40.0. The molecule has 0 N–H and O–H groups in total. The van der Waals surface area contributed by atoms with Crippen molar-refractivity contribution in [3.8, 4) is 78.4 Å². The van der Waals surface area contributed by atoms with E-state index in [1.807, 2.05) is 18.2 Å². The van der Waals surface area contributed by atoms with Crippen molar-refractivity contribution in [2.75, 3.05) is 0 Å². The molecule has 1 aromatic heterocycles. The van der Waals surface area contributed by atoms with Gasteiger partial charge >= 0.3 is 0 Å². The molecule has 0 fully saturated rings. The first kappa shape index (κ1) is 35.5. The third-order valence-electron chi connectivity index (χ3n) is 12.4. The fourth-order valence-electron chi connectivity index (χ4n) is 9.30. The van der Waals surface area contributed by atoms with Crippen molar-refractivity contribution in [3.63, 3.8) is 0 Å². The third-order valence-corrected chi connectivity index (χ3v) is 12.4. The fourth-order valence-corrected chi connectivity index (χ4v) is 9.30. The molecule has 10 aromatic rings. The van der Waals surface area contributed by atoms with Gasteiger partial charge in [-0.15, -0.1) is 0 Å². The topological polar surface area (TPSA) is 25.8 Å². The summed E-state index contributed by atoms with van der Waals surface area (Å²) in [6, 6.07) is 80.8. The number of fused-ring (bicyclic) bond motifs is 4. The Bertz CT molecular complexity index is 3190. The molecule has 1 aliphatic carbocycles. The minimum absolute atomic E-state index is 0.342. The second-order valence-electron chi connectivity index (χ2n) is 15.9. The van der Waals surface area contributed by atoms with E-state index in [9.17, 15) is 0 Å². The first-order chi connectivity index (χ1) is 29.6. The van der Waals surface area contributed by atoms with E-state index < -0.39 is 0 Å². The van der Waals surface area contributed by atoms with Crippen LogP contribution in [-0.4, -0.2) is 9.97 Å². The van der Waals surface area contributed by atoms with Gasteiger partial charge in [-0.05, 0) is 103 Å². The lowest BCUT2D eigenvalue weighted by atomic mass is 9.73. The summed E-state index contributed by atoms with van der Waals surface area (Å²) < 4.78 is 0. The summed E-state index contributed by atoms with van der Waals surface area (Å²) >= 11 is 0. The van der Waals surface area contributed by atoms with Crippen LogP contribution in [0.3, 0.4) is 0 Å². The van der Waals surface area contributed by atoms with E-state index in [1.54, 1.807) is 0 Å². The Morgan fingerprint density at radius 2 is 0.750 bits per heavy atom. The summed E-state index contributed by atoms with van der Waals surface area (Å²) in [6.07, 6.45) is 0. The minimum Gasteiger partial charge on any atom is -0.228 e. The SMILES string of the molecule is CC1(c2ccccc2)c2cc(-c3ccccc3)ccc2-c2ccc(-c3ccc(-c4cc(-c5cccc(-c6ccccc6)c5)nc(-c5ccccc5)n4)c4ccccc34)cc21. The monoisotopic (exact) mass is 764 g/mol. The van der Waals surface area contributed by atoms with Gasteiger partial charge in [0.15, 0.2) is 5.82 Å². The Morgan fingerprint density at radius 3 is 1.40 bits per heavy atom. The van der Waals surface area contributed by atoms with E-state index >= 15 is 0 Å². The van der Waals surface area contributed by atoms with Crippen molar-refractivity contribution in [1.82, 2.24) is 9.97 Å². The number of hydrogen-bond acceptors (Lipinski definition) is 2. The highest BCUT2D eigenvalue weighted by Gasteiger charge is 2.41. The van der Waals surface area contributed by atoms with Gasteiger partial charge in [-0.3, -0.25) is 0 Å². The maximum Gasteiger partial charge on any atom is 0.160 e. The Labute approximate surface area is 351 Å². The van der Waals surface area contributed by atoms with Crippen LogP contribution in [0.25, 0.3) is 89.2 Å². The van der Waals surface area contributed by atoms with Crippen molar-refractivity contribution >= 4 is 10.8 Å². The second kappa shape index (κ2) is 14.6. The lowest BCUT2D eigenvalue weighted by Crippen LogP contribution is -2.22. The molecular formula is C58H40N2. The van der Waals surface area contributed by atoms with Crippen molar-refractivity contribution in [3.05, 3.63) is 241 Å². The Hall–Kier alpha value is -7.68. The molecule has 9 aromatic carbocycles. The predicted molar refractivity (Wildman–Crippen MR) is 250 cm³/mol. The predicted octanol–water partition coefficient (Wildman–Crippen LogP) is 15.0. The second-order valence-corrected chi connectivity index (χ2v) is 15.9. The maximum absolute atomic E-state index is 5.27. The zero-order valence-corrected chi connectivity index (χ0v) is 33.3. The normalized spacial score (nSPS) is 14.2. The molecular weight excluding hydrogens is 725 g/mol. The largest absolute Gasteiger partial charge is 0.228 e. The van der Waals surface area contributed by atoms with Crippen molar-refractivity contribution < 1.29 is 0 Å². The highest BCUT2D eigenvalue weighted by molar-refractivity contribution is 6.05. The van der Waals surface area contributed by atoms with Crippen LogP contribution in [0.1, 0.15) is 23.6 Å². The quantitative estimate of drug-likeness (QED) is 0.162. The summed E-state index contributed by atoms with van der Waals surface area (Å²) in [5.74, 6) is 0.704. The van der Waals surface area contributed by atoms with Crippen LogP contribution < -0.4 is 0 Å². The van der Waals surface area contributed by atoms with Gasteiger partial charge in [-0.1, -0.05) is 200 Å². The van der Waals surface area contributed by atoms with Gasteiger partial charge < -0.3 is 0 Å². The molecule has 1 unspecified atom stereocenters. The first-order valence-electron chi connectivity index (χ1n) is 20.6. The molecule has 2 nitrogen and oxygen atoms in total. The first-order valence-corrected chi connectivity index (χ1v) is 20.6. The van der Waals surface area contributed by atoms with Gasteiger partial charge in [0.05, 0.1) is 11.4 Å². The van der Waals surface area contributed by atoms with Crippen LogP contribution in [0.15, 0.2) is 224 Å². The number of rotatable bonds is 7. The zero-order valence-electron chi connectivity index (χ0n) is 33.3. The average Bonchev–Trinajstić information content (AvgIpc) is 3.59. The molecule has 0 amide bonds. The highest BCUT2D eigenvalue weighted by Crippen LogP contribution is 2.54. The molecule has 0 radical (unpaired) electrons. The summed E-state index contributed by atoms with van der Waals surface area (Å²) in [4.78, 5) is 10.5. The van der Waals surface area contributed by atoms with E-state index in [0.29, 0.717) is 5.82 Å². The summed E-state index contributed by atoms with van der Waals surface area (Å²) in [5.41, 5.74) is 18.3. The van der Waals surface area contributed by atoms with Crippen molar-refractivity contribution in [2.45, 2.75) is 12.3 Å². The highest BCUT2D eigenvalue weighted by atomic mass is 14.9. The molecule has 0 bridgehead atoms. The molecule has 282 valence electrons. The Balaban J connectivity index is 1.06. The lowest BCUT2D eigenvalue weighted by Gasteiger charge is -2.29. The number of hydrogen-bond donors (Lipinski definition) is 0. The Morgan fingerprint density at radius 1 is 0.300 bits per heavy atom. The molecule has 0 spiro atoms. The number of benzene rings is 9. The van der Waals surface area contributed by atoms with Gasteiger partial charge in [0.25, 0.3) is 0 Å². The lowest BCUT2D eigenvalue weighted by molar-refractivity contribution is 0.714. The minimum atomic E-state index is -0.342. The van der Waals surface area contributed by atoms with Gasteiger partial charge in [-0.2, -0.15) is 0 Å². The van der Waals surface area contributed by atoms with Crippen LogP contribution >= 0.6 is 0 Å². The van der Waals surface area contributed by atoms with Gasteiger partial charge in [0.2, 0.25) is 0 Å². The van der Waals surface area contributed by atoms with E-state index in [0.717, 1.165) is 39.0 Å². The van der Waals surface area contributed by atoms with Crippen LogP contribution in [-0.2, 0) is 5.41 Å². The molecule has 1 aliphatic rings. The fraction of sp³-hybridized carbons (Fsp3) is 0.0345. The maximum atomic E-state index is 5.27. The number of aromatic nitrogens is 2. The van der Waals surface area contributed by atoms with E-state index in [2.05, 4.69) is 213 Å². The third kappa shape index (κ3) is 6.04. The van der Waals surface area contributed by atoms with Gasteiger partial charge in [-0.25, -0.2) is 9.97 Å². The Kier molecular flexibility index (Phi) is 8.64. The molecule has 0 saturated heterocycles. The summed E-state index contributed by atoms with van der Waals surface area (Å²) in [6.45, 7) is 2.40. The van der Waals surface area contributed by atoms with Gasteiger partial charge in [0, 0.05) is 22.1 Å². The van der Waals surface area contributed by atoms with E-state index in [-0.39, 0.29) is 5.41 Å². The molecule has 60 heavy (non-hydrogen) atoms. The van der Waals surface area contributed by atoms with Crippen LogP contribution in [0.2, 0.25) is 0 Å². The smallest absolute Gasteiger partial charge is 0.160 e. The molecule has 0 aliphatic heterocycles. The van der Waals surface area contributed by atoms with Gasteiger partial charge in [0.1, 0.15) is 0 Å². The molecule has 1 atom stereocenters. The molecule has 2 heteroatoms. The van der Waals surface area contributed by atoms with Crippen LogP contribution in [0.5, 0.6) is 0 Å². The standard InChI is InChI=1S/C58H40N2/c1-58(46-25-12-5-13-26-46)53-36-43(40-19-8-3-9-20-40)29-31-50(53)51-32-30-44(37-54(51)58)47-33-34-52(49-28-15-14-27-48(47)49)56-38-55(59-57(60-56)41-21-10-4-11-22-41)45-24-16-23-42(35-45)39-17-6-2-7-18-39/h2-38H,1H3. The van der Waals surface area contributed by atoms with Crippen molar-refractivity contribution in [2.24, 2.45) is 0 Å². The molecule has 1 heterocycles. The summed E-state index contributed by atoms with van der Waals surface area (Å²) in [7, 11) is 0. The van der Waals surface area contributed by atoms with Crippen LogP contribution in [0, 0.1) is 0 Å². The van der Waals surface area contributed by atoms with E-state index in [4.69, 9.17) is 9.97 Å². The summed E-state index contributed by atoms with van der Waals surface area (Å²) in [5, 5.41) is 2.34. The van der Waals surface area contributed by atoms with Crippen molar-refractivity contribution in [1.29, 1.82) is 0 Å². The molecule has 11 rings (SSSR count).